The Hall–Kier alpha value is -0.210. The first-order valence-electron chi connectivity index (χ1n) is 4.08. The molecule has 3 heteroatoms. The molecule has 0 N–H and O–H groups in total. The number of hydrogen-bond acceptors (Lipinski definition) is 0. The van der Waals surface area contributed by atoms with Gasteiger partial charge in [-0.1, -0.05) is 26.2 Å². The van der Waals surface area contributed by atoms with E-state index in [1.54, 1.807) is 6.92 Å². The summed E-state index contributed by atoms with van der Waals surface area (Å²) in [6.07, 6.45) is -1.17. The SMILES string of the molecule is CC1CCCCC1C(F)(F)F. The molecule has 0 heterocycles. The Morgan fingerprint density at radius 3 is 2.00 bits per heavy atom. The van der Waals surface area contributed by atoms with Crippen LogP contribution in [-0.4, -0.2) is 6.18 Å². The Bertz CT molecular complexity index is 128. The van der Waals surface area contributed by atoms with Crippen LogP contribution in [0.15, 0.2) is 0 Å². The van der Waals surface area contributed by atoms with E-state index in [1.807, 2.05) is 0 Å². The molecule has 0 bridgehead atoms. The molecule has 0 aromatic rings. The van der Waals surface area contributed by atoms with Crippen molar-refractivity contribution >= 4 is 0 Å². The van der Waals surface area contributed by atoms with Gasteiger partial charge in [0.15, 0.2) is 0 Å². The van der Waals surface area contributed by atoms with E-state index < -0.39 is 12.1 Å². The maximum absolute atomic E-state index is 12.2. The van der Waals surface area contributed by atoms with Gasteiger partial charge < -0.3 is 0 Å². The maximum Gasteiger partial charge on any atom is 0.392 e. The molecule has 66 valence electrons. The summed E-state index contributed by atoms with van der Waals surface area (Å²) in [6, 6.07) is 0. The van der Waals surface area contributed by atoms with Crippen molar-refractivity contribution in [3.05, 3.63) is 0 Å². The Kier molecular flexibility index (Phi) is 2.45. The van der Waals surface area contributed by atoms with Crippen molar-refractivity contribution in [3.63, 3.8) is 0 Å². The van der Waals surface area contributed by atoms with Gasteiger partial charge in [0.2, 0.25) is 0 Å². The lowest BCUT2D eigenvalue weighted by Gasteiger charge is -2.30. The molecule has 0 aromatic carbocycles. The normalized spacial score (nSPS) is 33.8. The average Bonchev–Trinajstić information content (AvgIpc) is 1.86. The molecule has 0 amide bonds. The van der Waals surface area contributed by atoms with Crippen LogP contribution in [0.2, 0.25) is 0 Å². The molecule has 1 saturated carbocycles. The Balaban J connectivity index is 2.55. The third-order valence-corrected chi connectivity index (χ3v) is 2.53. The van der Waals surface area contributed by atoms with Crippen molar-refractivity contribution in [1.29, 1.82) is 0 Å². The first-order chi connectivity index (χ1) is 5.02. The molecular formula is C8H13F3. The fourth-order valence-electron chi connectivity index (χ4n) is 1.80. The van der Waals surface area contributed by atoms with Crippen LogP contribution in [0.3, 0.4) is 0 Å². The number of rotatable bonds is 0. The lowest BCUT2D eigenvalue weighted by molar-refractivity contribution is -0.194. The van der Waals surface area contributed by atoms with E-state index in [-0.39, 0.29) is 5.92 Å². The van der Waals surface area contributed by atoms with Crippen LogP contribution in [0.1, 0.15) is 32.6 Å². The van der Waals surface area contributed by atoms with Gasteiger partial charge in [0.1, 0.15) is 0 Å². The summed E-state index contributed by atoms with van der Waals surface area (Å²) in [4.78, 5) is 0. The summed E-state index contributed by atoms with van der Waals surface area (Å²) in [7, 11) is 0. The number of halogens is 3. The molecule has 1 fully saturated rings. The van der Waals surface area contributed by atoms with Crippen molar-refractivity contribution in [2.24, 2.45) is 11.8 Å². The van der Waals surface area contributed by atoms with Gasteiger partial charge >= 0.3 is 6.18 Å². The lowest BCUT2D eigenvalue weighted by Crippen LogP contribution is -2.31. The summed E-state index contributed by atoms with van der Waals surface area (Å²) >= 11 is 0. The molecule has 0 aromatic heterocycles. The zero-order valence-electron chi connectivity index (χ0n) is 6.62. The van der Waals surface area contributed by atoms with E-state index >= 15 is 0 Å². The molecule has 1 rings (SSSR count). The van der Waals surface area contributed by atoms with Crippen molar-refractivity contribution in [2.75, 3.05) is 0 Å². The summed E-state index contributed by atoms with van der Waals surface area (Å²) in [5, 5.41) is 0. The quantitative estimate of drug-likeness (QED) is 0.517. The molecule has 2 atom stereocenters. The van der Waals surface area contributed by atoms with Gasteiger partial charge in [-0.05, 0) is 12.3 Å². The third kappa shape index (κ3) is 2.11. The molecule has 1 aliphatic carbocycles. The summed E-state index contributed by atoms with van der Waals surface area (Å²) in [6.45, 7) is 1.71. The van der Waals surface area contributed by atoms with Gasteiger partial charge in [0.25, 0.3) is 0 Å². The van der Waals surface area contributed by atoms with Crippen LogP contribution in [-0.2, 0) is 0 Å². The molecule has 0 nitrogen and oxygen atoms in total. The van der Waals surface area contributed by atoms with Crippen LogP contribution < -0.4 is 0 Å². The highest BCUT2D eigenvalue weighted by Crippen LogP contribution is 2.40. The summed E-state index contributed by atoms with van der Waals surface area (Å²) in [5.41, 5.74) is 0. The highest BCUT2D eigenvalue weighted by Gasteiger charge is 2.43. The fourth-order valence-corrected chi connectivity index (χ4v) is 1.80. The minimum absolute atomic E-state index is 0.163. The number of hydrogen-bond donors (Lipinski definition) is 0. The summed E-state index contributed by atoms with van der Waals surface area (Å²) in [5.74, 6) is -1.19. The molecule has 0 radical (unpaired) electrons. The number of alkyl halides is 3. The van der Waals surface area contributed by atoms with E-state index in [4.69, 9.17) is 0 Å². The van der Waals surface area contributed by atoms with Crippen LogP contribution in [0.4, 0.5) is 13.2 Å². The van der Waals surface area contributed by atoms with Crippen LogP contribution in [0.25, 0.3) is 0 Å². The smallest absolute Gasteiger partial charge is 0.171 e. The van der Waals surface area contributed by atoms with Crippen molar-refractivity contribution in [2.45, 2.75) is 38.8 Å². The Labute approximate surface area is 64.8 Å². The highest BCUT2D eigenvalue weighted by atomic mass is 19.4. The van der Waals surface area contributed by atoms with Crippen LogP contribution >= 0.6 is 0 Å². The second kappa shape index (κ2) is 3.03. The first kappa shape index (κ1) is 8.88. The second-order valence-electron chi connectivity index (χ2n) is 3.41. The molecular weight excluding hydrogens is 153 g/mol. The van der Waals surface area contributed by atoms with E-state index in [1.165, 1.54) is 0 Å². The van der Waals surface area contributed by atoms with Gasteiger partial charge in [-0.25, -0.2) is 0 Å². The Morgan fingerprint density at radius 2 is 1.64 bits per heavy atom. The van der Waals surface area contributed by atoms with Gasteiger partial charge in [-0.3, -0.25) is 0 Å². The van der Waals surface area contributed by atoms with E-state index in [0.717, 1.165) is 19.3 Å². The Morgan fingerprint density at radius 1 is 1.09 bits per heavy atom. The molecule has 11 heavy (non-hydrogen) atoms. The zero-order chi connectivity index (χ0) is 8.48. The van der Waals surface area contributed by atoms with E-state index in [2.05, 4.69) is 0 Å². The van der Waals surface area contributed by atoms with Crippen molar-refractivity contribution < 1.29 is 13.2 Å². The molecule has 0 aliphatic heterocycles. The third-order valence-electron chi connectivity index (χ3n) is 2.53. The lowest BCUT2D eigenvalue weighted by atomic mass is 9.80. The van der Waals surface area contributed by atoms with Crippen LogP contribution in [0.5, 0.6) is 0 Å². The highest BCUT2D eigenvalue weighted by molar-refractivity contribution is 4.77. The van der Waals surface area contributed by atoms with Gasteiger partial charge in [0, 0.05) is 0 Å². The first-order valence-corrected chi connectivity index (χ1v) is 4.08. The fraction of sp³-hybridized carbons (Fsp3) is 1.00. The minimum Gasteiger partial charge on any atom is -0.171 e. The minimum atomic E-state index is -3.96. The van der Waals surface area contributed by atoms with Gasteiger partial charge in [0.05, 0.1) is 5.92 Å². The standard InChI is InChI=1S/C8H13F3/c1-6-4-2-3-5-7(6)8(9,10)11/h6-7H,2-5H2,1H3. The van der Waals surface area contributed by atoms with Crippen LogP contribution in [0, 0.1) is 11.8 Å². The average molecular weight is 166 g/mol. The van der Waals surface area contributed by atoms with Gasteiger partial charge in [-0.2, -0.15) is 13.2 Å². The predicted molar refractivity (Wildman–Crippen MR) is 37.2 cm³/mol. The summed E-state index contributed by atoms with van der Waals surface area (Å²) < 4.78 is 36.6. The molecule has 1 aliphatic rings. The maximum atomic E-state index is 12.2. The van der Waals surface area contributed by atoms with E-state index in [9.17, 15) is 13.2 Å². The van der Waals surface area contributed by atoms with Gasteiger partial charge in [-0.15, -0.1) is 0 Å². The van der Waals surface area contributed by atoms with Crippen molar-refractivity contribution in [1.82, 2.24) is 0 Å². The zero-order valence-corrected chi connectivity index (χ0v) is 6.62. The topological polar surface area (TPSA) is 0 Å². The largest absolute Gasteiger partial charge is 0.392 e. The molecule has 0 saturated heterocycles. The monoisotopic (exact) mass is 166 g/mol. The van der Waals surface area contributed by atoms with E-state index in [0.29, 0.717) is 6.42 Å². The molecule has 2 unspecified atom stereocenters. The predicted octanol–water partition coefficient (Wildman–Crippen LogP) is 3.38. The van der Waals surface area contributed by atoms with Crippen molar-refractivity contribution in [3.8, 4) is 0 Å². The second-order valence-corrected chi connectivity index (χ2v) is 3.41. The molecule has 0 spiro atoms.